The molecule has 1 aromatic carbocycles. The van der Waals surface area contributed by atoms with Gasteiger partial charge in [-0.3, -0.25) is 9.78 Å². The van der Waals surface area contributed by atoms with E-state index in [1.54, 1.807) is 29.4 Å². The topological polar surface area (TPSA) is 68.5 Å². The molecule has 0 saturated heterocycles. The molecule has 2 N–H and O–H groups in total. The predicted molar refractivity (Wildman–Crippen MR) is 95.8 cm³/mol. The van der Waals surface area contributed by atoms with Crippen molar-refractivity contribution in [1.29, 1.82) is 0 Å². The van der Waals surface area contributed by atoms with Crippen LogP contribution in [0.25, 0.3) is 0 Å². The van der Waals surface area contributed by atoms with Gasteiger partial charge in [0.2, 0.25) is 0 Å². The van der Waals surface area contributed by atoms with Gasteiger partial charge in [0.1, 0.15) is 5.75 Å². The molecule has 23 heavy (non-hydrogen) atoms. The van der Waals surface area contributed by atoms with Crippen LogP contribution in [0.15, 0.2) is 42.7 Å². The summed E-state index contributed by atoms with van der Waals surface area (Å²) < 4.78 is 5.48. The number of ether oxygens (including phenoxy) is 1. The maximum atomic E-state index is 12.4. The smallest absolute Gasteiger partial charge is 0.264 e. The van der Waals surface area contributed by atoms with E-state index in [4.69, 9.17) is 10.5 Å². The largest absolute Gasteiger partial charge is 0.482 e. The third-order valence-electron chi connectivity index (χ3n) is 3.58. The van der Waals surface area contributed by atoms with E-state index in [-0.39, 0.29) is 37.3 Å². The molecule has 2 aromatic rings. The Morgan fingerprint density at radius 3 is 2.83 bits per heavy atom. The molecule has 2 heterocycles. The van der Waals surface area contributed by atoms with E-state index >= 15 is 0 Å². The van der Waals surface area contributed by atoms with E-state index in [1.807, 2.05) is 18.2 Å². The molecule has 3 rings (SSSR count). The molecular weight excluding hydrogens is 337 g/mol. The van der Waals surface area contributed by atoms with Gasteiger partial charge < -0.3 is 15.4 Å². The Hall–Kier alpha value is -1.98. The Labute approximate surface area is 147 Å². The summed E-state index contributed by atoms with van der Waals surface area (Å²) in [6, 6.07) is 9.24. The highest BCUT2D eigenvalue weighted by molar-refractivity contribution is 5.96. The van der Waals surface area contributed by atoms with Crippen LogP contribution in [-0.4, -0.2) is 24.0 Å². The standard InChI is InChI=1S/C16H17N3O2.2ClH/c17-14-6-1-7-15-13(14)5-3-9-19(15)16(20)11-21-12-4-2-8-18-10-12;;/h1-2,4,6-8,10H,3,5,9,11,17H2;2*1H. The molecule has 0 bridgehead atoms. The third-order valence-corrected chi connectivity index (χ3v) is 3.58. The van der Waals surface area contributed by atoms with Crippen LogP contribution >= 0.6 is 24.8 Å². The molecule has 0 unspecified atom stereocenters. The summed E-state index contributed by atoms with van der Waals surface area (Å²) in [5.41, 5.74) is 8.70. The maximum Gasteiger partial charge on any atom is 0.264 e. The zero-order valence-corrected chi connectivity index (χ0v) is 14.1. The van der Waals surface area contributed by atoms with Gasteiger partial charge in [0.15, 0.2) is 6.61 Å². The summed E-state index contributed by atoms with van der Waals surface area (Å²) >= 11 is 0. The van der Waals surface area contributed by atoms with Gasteiger partial charge in [-0.1, -0.05) is 6.07 Å². The van der Waals surface area contributed by atoms with Crippen LogP contribution in [0.3, 0.4) is 0 Å². The number of rotatable bonds is 3. The lowest BCUT2D eigenvalue weighted by Crippen LogP contribution is -2.38. The normalized spacial score (nSPS) is 12.4. The second-order valence-corrected chi connectivity index (χ2v) is 4.97. The molecule has 5 nitrogen and oxygen atoms in total. The van der Waals surface area contributed by atoms with Gasteiger partial charge in [0, 0.05) is 24.1 Å². The fourth-order valence-electron chi connectivity index (χ4n) is 2.57. The van der Waals surface area contributed by atoms with Gasteiger partial charge in [0.25, 0.3) is 5.91 Å². The quantitative estimate of drug-likeness (QED) is 0.859. The Bertz CT molecular complexity index is 653. The molecule has 1 aliphatic heterocycles. The predicted octanol–water partition coefficient (Wildman–Crippen LogP) is 2.87. The Morgan fingerprint density at radius 1 is 1.26 bits per heavy atom. The minimum absolute atomic E-state index is 0. The number of pyridine rings is 1. The summed E-state index contributed by atoms with van der Waals surface area (Å²) in [5.74, 6) is 0.529. The van der Waals surface area contributed by atoms with Crippen molar-refractivity contribution in [3.05, 3.63) is 48.3 Å². The number of carbonyl (C=O) groups excluding carboxylic acids is 1. The lowest BCUT2D eigenvalue weighted by molar-refractivity contribution is -0.120. The first kappa shape index (κ1) is 19.1. The summed E-state index contributed by atoms with van der Waals surface area (Å²) in [4.78, 5) is 18.1. The zero-order chi connectivity index (χ0) is 14.7. The molecule has 0 radical (unpaired) electrons. The summed E-state index contributed by atoms with van der Waals surface area (Å²) in [6.07, 6.45) is 5.09. The minimum Gasteiger partial charge on any atom is -0.482 e. The van der Waals surface area contributed by atoms with Crippen molar-refractivity contribution in [2.24, 2.45) is 0 Å². The van der Waals surface area contributed by atoms with Crippen molar-refractivity contribution >= 4 is 42.1 Å². The van der Waals surface area contributed by atoms with Gasteiger partial charge in [-0.25, -0.2) is 0 Å². The van der Waals surface area contributed by atoms with Crippen LogP contribution < -0.4 is 15.4 Å². The van der Waals surface area contributed by atoms with Gasteiger partial charge in [-0.05, 0) is 42.7 Å². The van der Waals surface area contributed by atoms with E-state index in [0.29, 0.717) is 12.3 Å². The summed E-state index contributed by atoms with van der Waals surface area (Å²) in [5, 5.41) is 0. The van der Waals surface area contributed by atoms with E-state index in [2.05, 4.69) is 4.98 Å². The monoisotopic (exact) mass is 355 g/mol. The summed E-state index contributed by atoms with van der Waals surface area (Å²) in [6.45, 7) is 0.700. The lowest BCUT2D eigenvalue weighted by Gasteiger charge is -2.30. The molecule has 1 amide bonds. The molecule has 1 aromatic heterocycles. The van der Waals surface area contributed by atoms with Gasteiger partial charge in [-0.2, -0.15) is 0 Å². The molecule has 1 aliphatic rings. The van der Waals surface area contributed by atoms with Crippen LogP contribution in [0, 0.1) is 0 Å². The van der Waals surface area contributed by atoms with E-state index in [1.165, 1.54) is 0 Å². The molecular formula is C16H19Cl2N3O2. The average Bonchev–Trinajstić information content (AvgIpc) is 2.53. The van der Waals surface area contributed by atoms with Crippen molar-refractivity contribution in [3.8, 4) is 5.75 Å². The molecule has 124 valence electrons. The van der Waals surface area contributed by atoms with Crippen LogP contribution in [0.1, 0.15) is 12.0 Å². The summed E-state index contributed by atoms with van der Waals surface area (Å²) in [7, 11) is 0. The second kappa shape index (κ2) is 8.60. The fraction of sp³-hybridized carbons (Fsp3) is 0.250. The van der Waals surface area contributed by atoms with Crippen LogP contribution in [0.2, 0.25) is 0 Å². The number of halogens is 2. The minimum atomic E-state index is -0.0644. The average molecular weight is 356 g/mol. The van der Waals surface area contributed by atoms with Crippen molar-refractivity contribution in [2.45, 2.75) is 12.8 Å². The number of hydrogen-bond donors (Lipinski definition) is 1. The number of hydrogen-bond acceptors (Lipinski definition) is 4. The molecule has 0 spiro atoms. The molecule has 0 atom stereocenters. The van der Waals surface area contributed by atoms with E-state index in [0.717, 1.165) is 29.8 Å². The van der Waals surface area contributed by atoms with E-state index in [9.17, 15) is 4.79 Å². The molecule has 0 fully saturated rings. The SMILES string of the molecule is Cl.Cl.Nc1cccc2c1CCCN2C(=O)COc1cccnc1. The highest BCUT2D eigenvalue weighted by atomic mass is 35.5. The highest BCUT2D eigenvalue weighted by Gasteiger charge is 2.23. The number of nitrogens with zero attached hydrogens (tertiary/aromatic N) is 2. The van der Waals surface area contributed by atoms with Gasteiger partial charge in [-0.15, -0.1) is 24.8 Å². The van der Waals surface area contributed by atoms with Crippen molar-refractivity contribution in [2.75, 3.05) is 23.8 Å². The fourth-order valence-corrected chi connectivity index (χ4v) is 2.57. The number of carbonyl (C=O) groups is 1. The third kappa shape index (κ3) is 4.27. The Morgan fingerprint density at radius 2 is 2.09 bits per heavy atom. The number of fused-ring (bicyclic) bond motifs is 1. The van der Waals surface area contributed by atoms with Crippen molar-refractivity contribution in [1.82, 2.24) is 4.98 Å². The first-order valence-electron chi connectivity index (χ1n) is 6.96. The first-order chi connectivity index (χ1) is 10.3. The second-order valence-electron chi connectivity index (χ2n) is 4.97. The van der Waals surface area contributed by atoms with E-state index < -0.39 is 0 Å². The van der Waals surface area contributed by atoms with Gasteiger partial charge >= 0.3 is 0 Å². The van der Waals surface area contributed by atoms with Crippen LogP contribution in [0.4, 0.5) is 11.4 Å². The number of nitrogen functional groups attached to an aromatic ring is 1. The zero-order valence-electron chi connectivity index (χ0n) is 12.5. The van der Waals surface area contributed by atoms with Crippen LogP contribution in [0.5, 0.6) is 5.75 Å². The van der Waals surface area contributed by atoms with Crippen LogP contribution in [-0.2, 0) is 11.2 Å². The Balaban J connectivity index is 0.00000132. The van der Waals surface area contributed by atoms with Gasteiger partial charge in [0.05, 0.1) is 6.20 Å². The number of amides is 1. The molecule has 7 heteroatoms. The maximum absolute atomic E-state index is 12.4. The Kier molecular flexibility index (Phi) is 7.13. The number of aromatic nitrogens is 1. The first-order valence-corrected chi connectivity index (χ1v) is 6.96. The molecule has 0 saturated carbocycles. The number of benzene rings is 1. The number of anilines is 2. The van der Waals surface area contributed by atoms with Crippen molar-refractivity contribution < 1.29 is 9.53 Å². The van der Waals surface area contributed by atoms with Crippen molar-refractivity contribution in [3.63, 3.8) is 0 Å². The molecule has 0 aliphatic carbocycles. The lowest BCUT2D eigenvalue weighted by atomic mass is 10.00. The number of nitrogens with two attached hydrogens (primary N) is 1. The highest BCUT2D eigenvalue weighted by Crippen LogP contribution is 2.31.